The van der Waals surface area contributed by atoms with E-state index in [1.165, 1.54) is 37.2 Å². The van der Waals surface area contributed by atoms with Gasteiger partial charge in [0.05, 0.1) is 6.20 Å². The Kier molecular flexibility index (Phi) is 7.98. The summed E-state index contributed by atoms with van der Waals surface area (Å²) < 4.78 is 42.6. The number of primary amides is 1. The fourth-order valence-electron chi connectivity index (χ4n) is 8.22. The van der Waals surface area contributed by atoms with Gasteiger partial charge < -0.3 is 31.3 Å². The molecule has 43 heavy (non-hydrogen) atoms. The van der Waals surface area contributed by atoms with Crippen molar-refractivity contribution in [3.05, 3.63) is 41.6 Å². The topological polar surface area (TPSA) is 141 Å². The van der Waals surface area contributed by atoms with Gasteiger partial charge in [-0.3, -0.25) is 0 Å². The van der Waals surface area contributed by atoms with E-state index in [0.29, 0.717) is 66.4 Å². The largest absolute Gasteiger partial charge is 0.573 e. The van der Waals surface area contributed by atoms with Gasteiger partial charge in [-0.05, 0) is 74.2 Å². The number of nitrogens with zero attached hydrogens (tertiary/aromatic N) is 4. The number of urea groups is 1. The third-order valence-corrected chi connectivity index (χ3v) is 9.81. The highest BCUT2D eigenvalue weighted by atomic mass is 19.4. The number of carbonyl (C=O) groups is 1. The van der Waals surface area contributed by atoms with E-state index in [4.69, 9.17) is 5.73 Å². The van der Waals surface area contributed by atoms with E-state index >= 15 is 0 Å². The van der Waals surface area contributed by atoms with E-state index in [0.717, 1.165) is 32.1 Å². The van der Waals surface area contributed by atoms with Gasteiger partial charge in [-0.1, -0.05) is 18.2 Å². The van der Waals surface area contributed by atoms with Crippen molar-refractivity contribution < 1.29 is 22.7 Å². The molecule has 4 bridgehead atoms. The summed E-state index contributed by atoms with van der Waals surface area (Å²) in [5.41, 5.74) is 6.21. The van der Waals surface area contributed by atoms with Crippen molar-refractivity contribution in [1.82, 2.24) is 20.2 Å². The molecule has 0 spiro atoms. The molecule has 2 aromatic rings. The summed E-state index contributed by atoms with van der Waals surface area (Å²) in [5, 5.41) is 20.1. The maximum atomic E-state index is 12.8. The molecule has 3 unspecified atom stereocenters. The van der Waals surface area contributed by atoms with Crippen LogP contribution < -0.4 is 26.4 Å². The van der Waals surface area contributed by atoms with E-state index in [9.17, 15) is 23.2 Å². The molecule has 1 aromatic heterocycles. The third-order valence-electron chi connectivity index (χ3n) is 9.81. The maximum Gasteiger partial charge on any atom is 0.573 e. The molecule has 5 fully saturated rings. The predicted octanol–water partition coefficient (Wildman–Crippen LogP) is 4.60. The SMILES string of the molecule is N#Cc1cnc(NCc2ccccc2OC(F)(F)F)nc1NCC12CC3C[C@H](C1)C(NC1CCN(C(N)=O)CC1)[C@@H](C3)C2. The number of anilines is 2. The van der Waals surface area contributed by atoms with Gasteiger partial charge in [-0.2, -0.15) is 10.2 Å². The minimum Gasteiger partial charge on any atom is -0.405 e. The van der Waals surface area contributed by atoms with Crippen molar-refractivity contribution >= 4 is 17.8 Å². The van der Waals surface area contributed by atoms with E-state index in [1.54, 1.807) is 11.0 Å². The first-order chi connectivity index (χ1) is 20.6. The number of aromatic nitrogens is 2. The molecule has 1 aliphatic heterocycles. The lowest BCUT2D eigenvalue weighted by molar-refractivity contribution is -0.274. The number of amides is 2. The van der Waals surface area contributed by atoms with E-state index in [1.807, 2.05) is 0 Å². The first-order valence-corrected chi connectivity index (χ1v) is 15.0. The Morgan fingerprint density at radius 2 is 1.86 bits per heavy atom. The highest BCUT2D eigenvalue weighted by Crippen LogP contribution is 2.60. The zero-order valence-corrected chi connectivity index (χ0v) is 23.9. The number of hydrogen-bond acceptors (Lipinski definition) is 8. The number of para-hydroxylation sites is 1. The van der Waals surface area contributed by atoms with Crippen molar-refractivity contribution in [2.24, 2.45) is 28.9 Å². The molecule has 2 heterocycles. The fraction of sp³-hybridized carbons (Fsp3) is 0.600. The maximum absolute atomic E-state index is 12.8. The van der Waals surface area contributed by atoms with Crippen molar-refractivity contribution in [2.45, 2.75) is 69.9 Å². The average Bonchev–Trinajstić information content (AvgIpc) is 2.97. The molecule has 10 nitrogen and oxygen atoms in total. The standard InChI is InChI=1S/C30H37F3N8O2/c31-30(32,33)43-24-4-2-1-3-19(24)15-36-28-37-16-22(14-34)26(40-28)38-17-29-11-18-9-20(12-29)25(21(10-18)13-29)39-23-5-7-41(8-6-23)27(35)42/h1-4,16,18,20-21,23,25,39H,5-13,15,17H2,(H2,35,42)(H2,36,37,38,40)/t18?,20-,21+,25?,29?. The van der Waals surface area contributed by atoms with Crippen LogP contribution in [0.2, 0.25) is 0 Å². The molecule has 5 aliphatic rings. The molecule has 0 radical (unpaired) electrons. The summed E-state index contributed by atoms with van der Waals surface area (Å²) in [6, 6.07) is 8.61. The molecule has 230 valence electrons. The van der Waals surface area contributed by atoms with Gasteiger partial charge in [0.15, 0.2) is 0 Å². The quantitative estimate of drug-likeness (QED) is 0.328. The number of nitriles is 1. The number of carbonyl (C=O) groups excluding carboxylic acids is 1. The number of nitrogens with two attached hydrogens (primary N) is 1. The number of nitrogens with one attached hydrogen (secondary N) is 3. The van der Waals surface area contributed by atoms with Crippen LogP contribution in [0.5, 0.6) is 5.75 Å². The minimum absolute atomic E-state index is 0.0164. The Morgan fingerprint density at radius 3 is 2.53 bits per heavy atom. The first-order valence-electron chi connectivity index (χ1n) is 15.0. The number of benzene rings is 1. The monoisotopic (exact) mass is 598 g/mol. The van der Waals surface area contributed by atoms with Crippen LogP contribution in [0.4, 0.5) is 29.7 Å². The van der Waals surface area contributed by atoms with Crippen molar-refractivity contribution in [3.63, 3.8) is 0 Å². The second-order valence-corrected chi connectivity index (χ2v) is 12.7. The first kappa shape index (κ1) is 29.3. The second kappa shape index (κ2) is 11.7. The molecule has 4 aliphatic carbocycles. The van der Waals surface area contributed by atoms with E-state index in [-0.39, 0.29) is 29.7 Å². The molecule has 4 saturated carbocycles. The van der Waals surface area contributed by atoms with Gasteiger partial charge in [0.1, 0.15) is 23.2 Å². The van der Waals surface area contributed by atoms with Gasteiger partial charge in [0.25, 0.3) is 0 Å². The zero-order chi connectivity index (χ0) is 30.2. The molecular formula is C30H37F3N8O2. The van der Waals surface area contributed by atoms with Crippen molar-refractivity contribution in [3.8, 4) is 11.8 Å². The van der Waals surface area contributed by atoms with Crippen molar-refractivity contribution in [2.75, 3.05) is 30.3 Å². The summed E-state index contributed by atoms with van der Waals surface area (Å²) in [6.45, 7) is 2.13. The molecule has 13 heteroatoms. The number of hydrogen-bond donors (Lipinski definition) is 4. The molecular weight excluding hydrogens is 561 g/mol. The molecule has 2 amide bonds. The smallest absolute Gasteiger partial charge is 0.405 e. The molecule has 1 aromatic carbocycles. The summed E-state index contributed by atoms with van der Waals surface area (Å²) >= 11 is 0. The lowest BCUT2D eigenvalue weighted by Crippen LogP contribution is -2.62. The average molecular weight is 599 g/mol. The lowest BCUT2D eigenvalue weighted by Gasteiger charge is -2.61. The highest BCUT2D eigenvalue weighted by molar-refractivity contribution is 5.72. The molecule has 1 saturated heterocycles. The van der Waals surface area contributed by atoms with Crippen LogP contribution in [0.1, 0.15) is 56.1 Å². The van der Waals surface area contributed by atoms with Gasteiger partial charge >= 0.3 is 12.4 Å². The van der Waals surface area contributed by atoms with Crippen LogP contribution in [0, 0.1) is 34.5 Å². The summed E-state index contributed by atoms with van der Waals surface area (Å²) in [6.07, 6.45) is 4.34. The van der Waals surface area contributed by atoms with Gasteiger partial charge in [-0.15, -0.1) is 13.2 Å². The third kappa shape index (κ3) is 6.59. The fourth-order valence-corrected chi connectivity index (χ4v) is 8.22. The van der Waals surface area contributed by atoms with Gasteiger partial charge in [0, 0.05) is 43.8 Å². The number of alkyl halides is 3. The summed E-state index contributed by atoms with van der Waals surface area (Å²) in [7, 11) is 0. The van der Waals surface area contributed by atoms with Crippen LogP contribution in [0.15, 0.2) is 30.5 Å². The Hall–Kier alpha value is -3.79. The number of halogens is 3. The van der Waals surface area contributed by atoms with Crippen LogP contribution >= 0.6 is 0 Å². The van der Waals surface area contributed by atoms with Gasteiger partial charge in [0.2, 0.25) is 5.95 Å². The Balaban J connectivity index is 1.08. The van der Waals surface area contributed by atoms with Crippen LogP contribution in [-0.2, 0) is 6.54 Å². The number of ether oxygens (including phenoxy) is 1. The molecule has 5 N–H and O–H groups in total. The molecule has 5 atom stereocenters. The number of piperidine rings is 1. The Morgan fingerprint density at radius 1 is 1.14 bits per heavy atom. The lowest BCUT2D eigenvalue weighted by atomic mass is 9.48. The molecule has 7 rings (SSSR count). The van der Waals surface area contributed by atoms with Crippen LogP contribution in [-0.4, -0.2) is 59.0 Å². The van der Waals surface area contributed by atoms with Crippen LogP contribution in [0.3, 0.4) is 0 Å². The zero-order valence-electron chi connectivity index (χ0n) is 23.9. The number of rotatable bonds is 9. The highest BCUT2D eigenvalue weighted by Gasteiger charge is 2.55. The van der Waals surface area contributed by atoms with E-state index < -0.39 is 6.36 Å². The van der Waals surface area contributed by atoms with Crippen molar-refractivity contribution in [1.29, 1.82) is 5.26 Å². The van der Waals surface area contributed by atoms with Gasteiger partial charge in [-0.25, -0.2) is 9.78 Å². The van der Waals surface area contributed by atoms with Crippen LogP contribution in [0.25, 0.3) is 0 Å². The normalized spacial score (nSPS) is 28.4. The Bertz CT molecular complexity index is 1360. The Labute approximate surface area is 248 Å². The van der Waals surface area contributed by atoms with E-state index in [2.05, 4.69) is 36.7 Å². The summed E-state index contributed by atoms with van der Waals surface area (Å²) in [4.78, 5) is 22.0. The second-order valence-electron chi connectivity index (χ2n) is 12.7. The summed E-state index contributed by atoms with van der Waals surface area (Å²) in [5.74, 6) is 2.23. The minimum atomic E-state index is -4.80. The number of likely N-dealkylation sites (tertiary alicyclic amines) is 1. The predicted molar refractivity (Wildman–Crippen MR) is 153 cm³/mol.